The summed E-state index contributed by atoms with van der Waals surface area (Å²) in [6, 6.07) is 10.5. The Kier molecular flexibility index (Phi) is 4.42. The van der Waals surface area contributed by atoms with E-state index in [0.717, 1.165) is 0 Å². The van der Waals surface area contributed by atoms with Crippen LogP contribution < -0.4 is 14.8 Å². The average molecular weight is 344 g/mol. The highest BCUT2D eigenvalue weighted by molar-refractivity contribution is 7.91. The first kappa shape index (κ1) is 16.3. The molecule has 3 rings (SSSR count). The van der Waals surface area contributed by atoms with Crippen LogP contribution in [0.4, 0.5) is 5.69 Å². The van der Waals surface area contributed by atoms with Crippen LogP contribution in [0.5, 0.6) is 11.5 Å². The van der Waals surface area contributed by atoms with Crippen molar-refractivity contribution in [3.63, 3.8) is 0 Å². The van der Waals surface area contributed by atoms with Crippen molar-refractivity contribution in [1.82, 2.24) is 5.32 Å². The van der Waals surface area contributed by atoms with Crippen LogP contribution in [0.25, 0.3) is 4.85 Å². The van der Waals surface area contributed by atoms with E-state index in [1.54, 1.807) is 18.2 Å². The lowest BCUT2D eigenvalue weighted by Gasteiger charge is -2.26. The Labute approximate surface area is 140 Å². The van der Waals surface area contributed by atoms with Gasteiger partial charge in [-0.1, -0.05) is 12.1 Å². The quantitative estimate of drug-likeness (QED) is 0.863. The number of nitrogens with one attached hydrogen (secondary N) is 1. The summed E-state index contributed by atoms with van der Waals surface area (Å²) in [5.41, 5.74) is 0.280. The Morgan fingerprint density at radius 2 is 2.00 bits per heavy atom. The van der Waals surface area contributed by atoms with E-state index in [9.17, 15) is 8.42 Å². The normalized spacial score (nSPS) is 16.4. The molecule has 7 heteroatoms. The number of fused-ring (bicyclic) bond motifs is 1. The first-order valence-electron chi connectivity index (χ1n) is 7.35. The van der Waals surface area contributed by atoms with Gasteiger partial charge in [0.15, 0.2) is 17.2 Å². The summed E-state index contributed by atoms with van der Waals surface area (Å²) in [7, 11) is -1.92. The minimum atomic E-state index is -3.73. The highest BCUT2D eigenvalue weighted by atomic mass is 32.2. The van der Waals surface area contributed by atoms with Crippen LogP contribution in [-0.4, -0.2) is 34.7 Å². The molecule has 0 spiro atoms. The van der Waals surface area contributed by atoms with E-state index >= 15 is 0 Å². The van der Waals surface area contributed by atoms with Gasteiger partial charge in [0, 0.05) is 12.6 Å². The average Bonchev–Trinajstić information content (AvgIpc) is 2.61. The van der Waals surface area contributed by atoms with Gasteiger partial charge in [-0.25, -0.2) is 13.3 Å². The summed E-state index contributed by atoms with van der Waals surface area (Å²) in [4.78, 5) is 3.46. The molecular weight excluding hydrogens is 328 g/mol. The van der Waals surface area contributed by atoms with E-state index in [-0.39, 0.29) is 21.6 Å². The van der Waals surface area contributed by atoms with Gasteiger partial charge in [0.2, 0.25) is 9.84 Å². The maximum absolute atomic E-state index is 12.8. The summed E-state index contributed by atoms with van der Waals surface area (Å²) in [6.07, 6.45) is -0.175. The third-order valence-corrected chi connectivity index (χ3v) is 5.38. The summed E-state index contributed by atoms with van der Waals surface area (Å²) >= 11 is 0. The summed E-state index contributed by atoms with van der Waals surface area (Å²) in [6.45, 7) is 8.03. The van der Waals surface area contributed by atoms with Crippen LogP contribution in [0.1, 0.15) is 0 Å². The standard InChI is InChI=1S/C17H16N2O4S/c1-18-10-13-11-22-16-7-6-15(9-17(16)23-13)24(20,21)14-5-3-4-12(8-14)19-2/h3-9,13,18H,10-11H2,1H3/t13-/m0/s1. The summed E-state index contributed by atoms with van der Waals surface area (Å²) in [5.74, 6) is 0.931. The smallest absolute Gasteiger partial charge is 0.205 e. The van der Waals surface area contributed by atoms with E-state index in [4.69, 9.17) is 16.0 Å². The lowest BCUT2D eigenvalue weighted by Crippen LogP contribution is -2.37. The highest BCUT2D eigenvalue weighted by Gasteiger charge is 2.24. The Hall–Kier alpha value is -2.56. The minimum Gasteiger partial charge on any atom is -0.486 e. The van der Waals surface area contributed by atoms with E-state index in [2.05, 4.69) is 10.2 Å². The third-order valence-electron chi connectivity index (χ3n) is 3.63. The van der Waals surface area contributed by atoms with Gasteiger partial charge in [-0.15, -0.1) is 0 Å². The Balaban J connectivity index is 1.98. The molecule has 0 unspecified atom stereocenters. The number of benzene rings is 2. The van der Waals surface area contributed by atoms with Crippen LogP contribution in [0.3, 0.4) is 0 Å². The van der Waals surface area contributed by atoms with Gasteiger partial charge in [-0.2, -0.15) is 0 Å². The Morgan fingerprint density at radius 1 is 1.21 bits per heavy atom. The van der Waals surface area contributed by atoms with Gasteiger partial charge in [0.1, 0.15) is 12.7 Å². The molecule has 0 saturated carbocycles. The van der Waals surface area contributed by atoms with Crippen molar-refractivity contribution in [3.8, 4) is 11.5 Å². The lowest BCUT2D eigenvalue weighted by molar-refractivity contribution is 0.0915. The second-order valence-corrected chi connectivity index (χ2v) is 7.28. The maximum Gasteiger partial charge on any atom is 0.205 e. The molecule has 1 heterocycles. The molecule has 0 saturated heterocycles. The van der Waals surface area contributed by atoms with Gasteiger partial charge in [-0.05, 0) is 31.3 Å². The molecule has 1 aliphatic heterocycles. The second kappa shape index (κ2) is 6.51. The fraction of sp³-hybridized carbons (Fsp3) is 0.235. The van der Waals surface area contributed by atoms with Gasteiger partial charge < -0.3 is 14.8 Å². The fourth-order valence-electron chi connectivity index (χ4n) is 2.45. The van der Waals surface area contributed by atoms with Crippen molar-refractivity contribution in [2.75, 3.05) is 20.2 Å². The maximum atomic E-state index is 12.8. The van der Waals surface area contributed by atoms with Gasteiger partial charge >= 0.3 is 0 Å². The van der Waals surface area contributed by atoms with Crippen molar-refractivity contribution >= 4 is 15.5 Å². The fourth-order valence-corrected chi connectivity index (χ4v) is 3.76. The molecule has 1 atom stereocenters. The number of likely N-dealkylation sites (N-methyl/N-ethyl adjacent to an activating group) is 1. The molecule has 0 aliphatic carbocycles. The van der Waals surface area contributed by atoms with Crippen LogP contribution in [0.15, 0.2) is 52.3 Å². The third kappa shape index (κ3) is 3.07. The predicted molar refractivity (Wildman–Crippen MR) is 88.4 cm³/mol. The zero-order valence-electron chi connectivity index (χ0n) is 13.0. The van der Waals surface area contributed by atoms with Crippen LogP contribution in [0, 0.1) is 6.57 Å². The van der Waals surface area contributed by atoms with E-state index in [1.165, 1.54) is 24.3 Å². The zero-order chi connectivity index (χ0) is 17.2. The molecule has 0 fully saturated rings. The molecule has 0 aromatic heterocycles. The predicted octanol–water partition coefficient (Wildman–Crippen LogP) is 2.43. The van der Waals surface area contributed by atoms with Gasteiger partial charge in [0.05, 0.1) is 16.4 Å². The monoisotopic (exact) mass is 344 g/mol. The molecule has 6 nitrogen and oxygen atoms in total. The van der Waals surface area contributed by atoms with Gasteiger partial charge in [0.25, 0.3) is 0 Å². The van der Waals surface area contributed by atoms with Crippen molar-refractivity contribution in [2.45, 2.75) is 15.9 Å². The molecule has 24 heavy (non-hydrogen) atoms. The molecule has 1 N–H and O–H groups in total. The topological polar surface area (TPSA) is 69.0 Å². The second-order valence-electron chi connectivity index (χ2n) is 5.33. The number of ether oxygens (including phenoxy) is 2. The van der Waals surface area contributed by atoms with Crippen LogP contribution in [0.2, 0.25) is 0 Å². The number of sulfone groups is 1. The van der Waals surface area contributed by atoms with E-state index < -0.39 is 9.84 Å². The van der Waals surface area contributed by atoms with E-state index in [1.807, 2.05) is 7.05 Å². The molecule has 2 aromatic carbocycles. The zero-order valence-corrected chi connectivity index (χ0v) is 13.8. The molecule has 2 aromatic rings. The van der Waals surface area contributed by atoms with Crippen molar-refractivity contribution in [3.05, 3.63) is 53.9 Å². The molecule has 1 aliphatic rings. The highest BCUT2D eigenvalue weighted by Crippen LogP contribution is 2.35. The lowest BCUT2D eigenvalue weighted by atomic mass is 10.2. The summed E-state index contributed by atoms with van der Waals surface area (Å²) in [5, 5.41) is 3.00. The van der Waals surface area contributed by atoms with Crippen molar-refractivity contribution in [2.24, 2.45) is 0 Å². The van der Waals surface area contributed by atoms with E-state index in [0.29, 0.717) is 24.7 Å². The minimum absolute atomic E-state index is 0.0828. The SMILES string of the molecule is [C-]#[N+]c1cccc(S(=O)(=O)c2ccc3c(c2)O[C@@H](CNC)CO3)c1. The van der Waals surface area contributed by atoms with Crippen molar-refractivity contribution < 1.29 is 17.9 Å². The number of hydrogen-bond acceptors (Lipinski definition) is 5. The molecule has 0 amide bonds. The largest absolute Gasteiger partial charge is 0.486 e. The number of rotatable bonds is 4. The van der Waals surface area contributed by atoms with Gasteiger partial charge in [-0.3, -0.25) is 0 Å². The van der Waals surface area contributed by atoms with Crippen LogP contribution in [-0.2, 0) is 9.84 Å². The molecule has 0 radical (unpaired) electrons. The van der Waals surface area contributed by atoms with Crippen LogP contribution >= 0.6 is 0 Å². The first-order valence-corrected chi connectivity index (χ1v) is 8.83. The molecule has 0 bridgehead atoms. The Bertz CT molecular complexity index is 903. The number of hydrogen-bond donors (Lipinski definition) is 1. The molecule has 124 valence electrons. The first-order chi connectivity index (χ1) is 11.5. The van der Waals surface area contributed by atoms with Crippen molar-refractivity contribution in [1.29, 1.82) is 0 Å². The number of nitrogens with zero attached hydrogens (tertiary/aromatic N) is 1. The molecular formula is C17H16N2O4S. The summed E-state index contributed by atoms with van der Waals surface area (Å²) < 4.78 is 37.0. The Morgan fingerprint density at radius 3 is 2.75 bits per heavy atom.